The molecule has 0 radical (unpaired) electrons. The minimum absolute atomic E-state index is 0.0367. The van der Waals surface area contributed by atoms with Crippen LogP contribution in [0.5, 0.6) is 0 Å². The summed E-state index contributed by atoms with van der Waals surface area (Å²) in [6, 6.07) is 11.6. The zero-order chi connectivity index (χ0) is 13.9. The summed E-state index contributed by atoms with van der Waals surface area (Å²) >= 11 is 0. The molecule has 0 aliphatic rings. The minimum Gasteiger partial charge on any atom is -0.347 e. The summed E-state index contributed by atoms with van der Waals surface area (Å²) in [7, 11) is 0. The van der Waals surface area contributed by atoms with Gasteiger partial charge in [-0.2, -0.15) is 5.10 Å². The van der Waals surface area contributed by atoms with Crippen LogP contribution in [-0.2, 0) is 12.0 Å². The van der Waals surface area contributed by atoms with Crippen LogP contribution >= 0.6 is 0 Å². The molecule has 4 nitrogen and oxygen atoms in total. The third kappa shape index (κ3) is 3.44. The van der Waals surface area contributed by atoms with Crippen molar-refractivity contribution >= 4 is 5.91 Å². The average Bonchev–Trinajstić information content (AvgIpc) is 2.87. The molecule has 0 aliphatic heterocycles. The van der Waals surface area contributed by atoms with Crippen LogP contribution < -0.4 is 5.32 Å². The molecule has 0 unspecified atom stereocenters. The van der Waals surface area contributed by atoms with Crippen molar-refractivity contribution in [2.45, 2.75) is 32.7 Å². The largest absolute Gasteiger partial charge is 0.347 e. The van der Waals surface area contributed by atoms with Gasteiger partial charge in [-0.15, -0.1) is 0 Å². The van der Waals surface area contributed by atoms with Crippen LogP contribution in [0.2, 0.25) is 0 Å². The maximum absolute atomic E-state index is 12.0. The van der Waals surface area contributed by atoms with E-state index in [9.17, 15) is 4.79 Å². The summed E-state index contributed by atoms with van der Waals surface area (Å²) in [5.41, 5.74) is 2.42. The molecule has 1 aromatic carbocycles. The predicted molar refractivity (Wildman–Crippen MR) is 74.9 cm³/mol. The van der Waals surface area contributed by atoms with Gasteiger partial charge in [-0.3, -0.25) is 9.89 Å². The molecule has 2 aromatic rings. The average molecular weight is 257 g/mol. The molecular formula is C15H19N3O. The number of H-pyrrole nitrogens is 1. The van der Waals surface area contributed by atoms with E-state index in [4.69, 9.17) is 0 Å². The number of hydrogen-bond donors (Lipinski definition) is 2. The summed E-state index contributed by atoms with van der Waals surface area (Å²) in [6.07, 6.45) is 0. The minimum atomic E-state index is -0.157. The molecule has 0 saturated carbocycles. The Morgan fingerprint density at radius 1 is 1.26 bits per heavy atom. The summed E-state index contributed by atoms with van der Waals surface area (Å²) in [6.45, 7) is 6.74. The van der Waals surface area contributed by atoms with Gasteiger partial charge >= 0.3 is 0 Å². The van der Waals surface area contributed by atoms with Crippen LogP contribution in [0.15, 0.2) is 36.4 Å². The van der Waals surface area contributed by atoms with E-state index < -0.39 is 0 Å². The Balaban J connectivity index is 1.99. The molecule has 2 N–H and O–H groups in total. The monoisotopic (exact) mass is 257 g/mol. The molecule has 1 amide bonds. The lowest BCUT2D eigenvalue weighted by molar-refractivity contribution is 0.0946. The van der Waals surface area contributed by atoms with E-state index in [1.54, 1.807) is 6.07 Å². The van der Waals surface area contributed by atoms with Crippen molar-refractivity contribution in [2.24, 2.45) is 0 Å². The molecule has 0 fully saturated rings. The number of nitrogens with one attached hydrogen (secondary N) is 2. The number of amides is 1. The fraction of sp³-hybridized carbons (Fsp3) is 0.333. The first-order valence-electron chi connectivity index (χ1n) is 6.35. The van der Waals surface area contributed by atoms with E-state index in [1.807, 2.05) is 30.3 Å². The van der Waals surface area contributed by atoms with E-state index >= 15 is 0 Å². The van der Waals surface area contributed by atoms with Gasteiger partial charge < -0.3 is 5.32 Å². The summed E-state index contributed by atoms with van der Waals surface area (Å²) in [5, 5.41) is 9.83. The van der Waals surface area contributed by atoms with Crippen molar-refractivity contribution in [1.29, 1.82) is 0 Å². The summed E-state index contributed by atoms with van der Waals surface area (Å²) in [5.74, 6) is -0.157. The Kier molecular flexibility index (Phi) is 3.69. The number of aromatic amines is 1. The second-order valence-electron chi connectivity index (χ2n) is 5.59. The Hall–Kier alpha value is -2.10. The van der Waals surface area contributed by atoms with Crippen molar-refractivity contribution in [2.75, 3.05) is 0 Å². The number of benzene rings is 1. The van der Waals surface area contributed by atoms with Gasteiger partial charge in [0.05, 0.1) is 0 Å². The molecule has 0 bridgehead atoms. The topological polar surface area (TPSA) is 57.8 Å². The lowest BCUT2D eigenvalue weighted by Gasteiger charge is -2.14. The highest BCUT2D eigenvalue weighted by Gasteiger charge is 2.19. The molecule has 4 heteroatoms. The van der Waals surface area contributed by atoms with Gasteiger partial charge in [0.25, 0.3) is 5.91 Å². The van der Waals surface area contributed by atoms with Crippen molar-refractivity contribution in [3.05, 3.63) is 53.3 Å². The van der Waals surface area contributed by atoms with Gasteiger partial charge in [0.15, 0.2) is 0 Å². The van der Waals surface area contributed by atoms with Crippen LogP contribution in [0.25, 0.3) is 0 Å². The highest BCUT2D eigenvalue weighted by Crippen LogP contribution is 2.20. The van der Waals surface area contributed by atoms with Crippen molar-refractivity contribution in [3.8, 4) is 0 Å². The van der Waals surface area contributed by atoms with Crippen LogP contribution in [0.4, 0.5) is 0 Å². The SMILES string of the molecule is CC(C)(C)c1cc(C(=O)NCc2ccccc2)n[nH]1. The first-order chi connectivity index (χ1) is 8.97. The molecular weight excluding hydrogens is 238 g/mol. The summed E-state index contributed by atoms with van der Waals surface area (Å²) < 4.78 is 0. The zero-order valence-corrected chi connectivity index (χ0v) is 11.5. The van der Waals surface area contributed by atoms with Crippen molar-refractivity contribution in [1.82, 2.24) is 15.5 Å². The Bertz CT molecular complexity index is 552. The van der Waals surface area contributed by atoms with Crippen molar-refractivity contribution < 1.29 is 4.79 Å². The fourth-order valence-corrected chi connectivity index (χ4v) is 1.69. The molecule has 0 spiro atoms. The van der Waals surface area contributed by atoms with Gasteiger partial charge in [0.2, 0.25) is 0 Å². The lowest BCUT2D eigenvalue weighted by atomic mass is 9.92. The quantitative estimate of drug-likeness (QED) is 0.888. The van der Waals surface area contributed by atoms with Gasteiger partial charge in [0, 0.05) is 17.7 Å². The Morgan fingerprint density at radius 2 is 1.95 bits per heavy atom. The molecule has 2 rings (SSSR count). The first-order valence-corrected chi connectivity index (χ1v) is 6.35. The molecule has 0 aliphatic carbocycles. The maximum Gasteiger partial charge on any atom is 0.272 e. The van der Waals surface area contributed by atoms with Gasteiger partial charge in [-0.25, -0.2) is 0 Å². The number of carbonyl (C=O) groups is 1. The highest BCUT2D eigenvalue weighted by molar-refractivity contribution is 5.92. The Labute approximate surface area is 113 Å². The van der Waals surface area contributed by atoms with Crippen LogP contribution in [0.3, 0.4) is 0 Å². The second-order valence-corrected chi connectivity index (χ2v) is 5.59. The smallest absolute Gasteiger partial charge is 0.272 e. The van der Waals surface area contributed by atoms with Gasteiger partial charge in [-0.05, 0) is 11.6 Å². The third-order valence-electron chi connectivity index (χ3n) is 2.91. The van der Waals surface area contributed by atoms with E-state index in [-0.39, 0.29) is 11.3 Å². The lowest BCUT2D eigenvalue weighted by Crippen LogP contribution is -2.23. The molecule has 0 atom stereocenters. The number of aromatic nitrogens is 2. The molecule has 19 heavy (non-hydrogen) atoms. The molecule has 1 aromatic heterocycles. The third-order valence-corrected chi connectivity index (χ3v) is 2.91. The van der Waals surface area contributed by atoms with Crippen LogP contribution in [-0.4, -0.2) is 16.1 Å². The van der Waals surface area contributed by atoms with E-state index in [0.29, 0.717) is 12.2 Å². The highest BCUT2D eigenvalue weighted by atomic mass is 16.1. The second kappa shape index (κ2) is 5.26. The zero-order valence-electron chi connectivity index (χ0n) is 11.5. The van der Waals surface area contributed by atoms with E-state index in [1.165, 1.54) is 0 Å². The van der Waals surface area contributed by atoms with Crippen LogP contribution in [0, 0.1) is 0 Å². The predicted octanol–water partition coefficient (Wildman–Crippen LogP) is 2.64. The Morgan fingerprint density at radius 3 is 2.53 bits per heavy atom. The fourth-order valence-electron chi connectivity index (χ4n) is 1.69. The molecule has 1 heterocycles. The number of hydrogen-bond acceptors (Lipinski definition) is 2. The van der Waals surface area contributed by atoms with Crippen LogP contribution in [0.1, 0.15) is 42.5 Å². The normalized spacial score (nSPS) is 11.3. The number of rotatable bonds is 3. The molecule has 0 saturated heterocycles. The van der Waals surface area contributed by atoms with Gasteiger partial charge in [-0.1, -0.05) is 51.1 Å². The van der Waals surface area contributed by atoms with E-state index in [0.717, 1.165) is 11.3 Å². The number of nitrogens with zero attached hydrogens (tertiary/aromatic N) is 1. The van der Waals surface area contributed by atoms with E-state index in [2.05, 4.69) is 36.3 Å². The standard InChI is InChI=1S/C15H19N3O/c1-15(2,3)13-9-12(17-18-13)14(19)16-10-11-7-5-4-6-8-11/h4-9H,10H2,1-3H3,(H,16,19)(H,17,18). The summed E-state index contributed by atoms with van der Waals surface area (Å²) in [4.78, 5) is 12.0. The first kappa shape index (κ1) is 13.3. The maximum atomic E-state index is 12.0. The van der Waals surface area contributed by atoms with Crippen molar-refractivity contribution in [3.63, 3.8) is 0 Å². The molecule has 100 valence electrons. The number of carbonyl (C=O) groups excluding carboxylic acids is 1. The van der Waals surface area contributed by atoms with Gasteiger partial charge in [0.1, 0.15) is 5.69 Å².